The average molecular weight is 368 g/mol. The van der Waals surface area contributed by atoms with Gasteiger partial charge < -0.3 is 10.2 Å². The van der Waals surface area contributed by atoms with Crippen molar-refractivity contribution in [2.45, 2.75) is 25.1 Å². The number of likely N-dealkylation sites (tertiary alicyclic amines) is 1. The van der Waals surface area contributed by atoms with E-state index < -0.39 is 17.9 Å². The van der Waals surface area contributed by atoms with Crippen molar-refractivity contribution in [2.24, 2.45) is 0 Å². The Bertz CT molecular complexity index is 771. The Kier molecular flexibility index (Phi) is 5.06. The van der Waals surface area contributed by atoms with Crippen LogP contribution in [-0.2, 0) is 6.18 Å². The Morgan fingerprint density at radius 3 is 2.31 bits per heavy atom. The van der Waals surface area contributed by atoms with Gasteiger partial charge in [0.05, 0.1) is 11.3 Å². The molecule has 0 bridgehead atoms. The van der Waals surface area contributed by atoms with E-state index in [4.69, 9.17) is 0 Å². The molecule has 138 valence electrons. The Hall–Kier alpha value is -2.71. The van der Waals surface area contributed by atoms with Crippen LogP contribution < -0.4 is 5.32 Å². The van der Waals surface area contributed by atoms with Crippen molar-refractivity contribution in [2.75, 3.05) is 18.4 Å². The second-order valence-corrected chi connectivity index (χ2v) is 5.98. The van der Waals surface area contributed by atoms with Crippen molar-refractivity contribution in [3.63, 3.8) is 0 Å². The number of rotatable bonds is 3. The Balaban J connectivity index is 1.57. The highest BCUT2D eigenvalue weighted by molar-refractivity contribution is 5.93. The summed E-state index contributed by atoms with van der Waals surface area (Å²) < 4.78 is 51.1. The van der Waals surface area contributed by atoms with E-state index in [-0.39, 0.29) is 17.4 Å². The first-order valence-corrected chi connectivity index (χ1v) is 8.04. The molecular weight excluding hydrogens is 352 g/mol. The van der Waals surface area contributed by atoms with Gasteiger partial charge in [-0.15, -0.1) is 0 Å². The molecule has 5 nitrogen and oxygen atoms in total. The minimum Gasteiger partial charge on any atom is -0.380 e. The highest BCUT2D eigenvalue weighted by Gasteiger charge is 2.34. The third-order valence-corrected chi connectivity index (χ3v) is 4.17. The lowest BCUT2D eigenvalue weighted by atomic mass is 10.0. The summed E-state index contributed by atoms with van der Waals surface area (Å²) in [6.45, 7) is 0.817. The SMILES string of the molecule is O=C(c1cnc(C(F)(F)F)nc1)N1CCC(Nc2ccccc2F)CC1. The van der Waals surface area contributed by atoms with Crippen molar-refractivity contribution in [3.8, 4) is 0 Å². The van der Waals surface area contributed by atoms with E-state index in [2.05, 4.69) is 15.3 Å². The number of nitrogens with one attached hydrogen (secondary N) is 1. The first-order chi connectivity index (χ1) is 12.3. The normalized spacial score (nSPS) is 15.8. The summed E-state index contributed by atoms with van der Waals surface area (Å²) >= 11 is 0. The van der Waals surface area contributed by atoms with Crippen LogP contribution in [0.4, 0.5) is 23.2 Å². The molecular formula is C17H16F4N4O. The molecule has 2 aromatic rings. The molecule has 0 spiro atoms. The highest BCUT2D eigenvalue weighted by Crippen LogP contribution is 2.25. The van der Waals surface area contributed by atoms with Gasteiger partial charge in [0.1, 0.15) is 5.82 Å². The van der Waals surface area contributed by atoms with Crippen molar-refractivity contribution in [3.05, 3.63) is 53.9 Å². The van der Waals surface area contributed by atoms with Gasteiger partial charge in [-0.25, -0.2) is 14.4 Å². The van der Waals surface area contributed by atoms with Gasteiger partial charge in [0.25, 0.3) is 5.91 Å². The lowest BCUT2D eigenvalue weighted by Crippen LogP contribution is -2.42. The molecule has 3 rings (SSSR count). The summed E-state index contributed by atoms with van der Waals surface area (Å²) in [5.41, 5.74) is 0.423. The van der Waals surface area contributed by atoms with Crippen LogP contribution >= 0.6 is 0 Å². The summed E-state index contributed by atoms with van der Waals surface area (Å²) in [5.74, 6) is -2.03. The molecule has 0 unspecified atom stereocenters. The molecule has 1 amide bonds. The van der Waals surface area contributed by atoms with Crippen LogP contribution in [0.5, 0.6) is 0 Å². The van der Waals surface area contributed by atoms with Crippen LogP contribution in [0.3, 0.4) is 0 Å². The molecule has 0 aliphatic carbocycles. The van der Waals surface area contributed by atoms with Crippen LogP contribution in [0.25, 0.3) is 0 Å². The fourth-order valence-electron chi connectivity index (χ4n) is 2.79. The molecule has 1 aliphatic heterocycles. The fourth-order valence-corrected chi connectivity index (χ4v) is 2.79. The number of amides is 1. The third-order valence-electron chi connectivity index (χ3n) is 4.17. The maximum absolute atomic E-state index is 13.7. The van der Waals surface area contributed by atoms with Gasteiger partial charge >= 0.3 is 6.18 Å². The fraction of sp³-hybridized carbons (Fsp3) is 0.353. The smallest absolute Gasteiger partial charge is 0.380 e. The zero-order valence-corrected chi connectivity index (χ0v) is 13.6. The van der Waals surface area contributed by atoms with E-state index in [0.29, 0.717) is 31.6 Å². The van der Waals surface area contributed by atoms with Gasteiger partial charge in [0.2, 0.25) is 5.82 Å². The largest absolute Gasteiger partial charge is 0.451 e. The number of piperidine rings is 1. The van der Waals surface area contributed by atoms with Crippen LogP contribution in [0.1, 0.15) is 29.0 Å². The molecule has 26 heavy (non-hydrogen) atoms. The Labute approximate surface area is 147 Å². The Morgan fingerprint density at radius 1 is 1.12 bits per heavy atom. The number of carbonyl (C=O) groups excluding carboxylic acids is 1. The summed E-state index contributed by atoms with van der Waals surface area (Å²) in [4.78, 5) is 20.3. The van der Waals surface area contributed by atoms with Crippen LogP contribution in [0, 0.1) is 5.82 Å². The zero-order valence-electron chi connectivity index (χ0n) is 13.6. The maximum atomic E-state index is 13.7. The van der Waals surface area contributed by atoms with E-state index in [1.54, 1.807) is 18.2 Å². The van der Waals surface area contributed by atoms with E-state index in [9.17, 15) is 22.4 Å². The summed E-state index contributed by atoms with van der Waals surface area (Å²) in [7, 11) is 0. The number of hydrogen-bond acceptors (Lipinski definition) is 4. The van der Waals surface area contributed by atoms with Crippen molar-refractivity contribution < 1.29 is 22.4 Å². The van der Waals surface area contributed by atoms with Crippen molar-refractivity contribution in [1.82, 2.24) is 14.9 Å². The standard InChI is InChI=1S/C17H16F4N4O/c18-13-3-1-2-4-14(13)24-12-5-7-25(8-6-12)15(26)11-9-22-16(23-10-11)17(19,20)21/h1-4,9-10,12,24H,5-8H2. The minimum atomic E-state index is -4.64. The molecule has 0 radical (unpaired) electrons. The average Bonchev–Trinajstić information content (AvgIpc) is 2.63. The predicted octanol–water partition coefficient (Wildman–Crippen LogP) is 3.35. The van der Waals surface area contributed by atoms with E-state index >= 15 is 0 Å². The van der Waals surface area contributed by atoms with Crippen LogP contribution in [0.15, 0.2) is 36.7 Å². The maximum Gasteiger partial charge on any atom is 0.451 e. The molecule has 1 saturated heterocycles. The number of nitrogens with zero attached hydrogens (tertiary/aromatic N) is 3. The molecule has 1 aromatic heterocycles. The topological polar surface area (TPSA) is 58.1 Å². The minimum absolute atomic E-state index is 0.0125. The molecule has 1 aliphatic rings. The zero-order chi connectivity index (χ0) is 18.7. The second-order valence-electron chi connectivity index (χ2n) is 5.98. The summed E-state index contributed by atoms with van der Waals surface area (Å²) in [6, 6.07) is 6.36. The van der Waals surface area contributed by atoms with E-state index in [1.165, 1.54) is 11.0 Å². The molecule has 0 saturated carbocycles. The number of para-hydroxylation sites is 1. The molecule has 1 aromatic carbocycles. The molecule has 1 N–H and O–H groups in total. The Morgan fingerprint density at radius 2 is 1.73 bits per heavy atom. The molecule has 2 heterocycles. The molecule has 0 atom stereocenters. The van der Waals surface area contributed by atoms with Gasteiger partial charge in [0.15, 0.2) is 0 Å². The lowest BCUT2D eigenvalue weighted by molar-refractivity contribution is -0.145. The number of alkyl halides is 3. The number of benzene rings is 1. The van der Waals surface area contributed by atoms with E-state index in [0.717, 1.165) is 12.4 Å². The van der Waals surface area contributed by atoms with Gasteiger partial charge in [-0.2, -0.15) is 13.2 Å². The van der Waals surface area contributed by atoms with Crippen LogP contribution in [-0.4, -0.2) is 39.9 Å². The quantitative estimate of drug-likeness (QED) is 0.845. The van der Waals surface area contributed by atoms with Gasteiger partial charge in [-0.1, -0.05) is 12.1 Å². The van der Waals surface area contributed by atoms with Crippen LogP contribution in [0.2, 0.25) is 0 Å². The first kappa shape index (κ1) is 18.1. The number of hydrogen-bond donors (Lipinski definition) is 1. The van der Waals surface area contributed by atoms with Gasteiger partial charge in [-0.05, 0) is 25.0 Å². The molecule has 1 fully saturated rings. The van der Waals surface area contributed by atoms with Crippen molar-refractivity contribution >= 4 is 11.6 Å². The second kappa shape index (κ2) is 7.27. The monoisotopic (exact) mass is 368 g/mol. The predicted molar refractivity (Wildman–Crippen MR) is 86.0 cm³/mol. The molecule has 9 heteroatoms. The highest BCUT2D eigenvalue weighted by atomic mass is 19.4. The number of halogens is 4. The number of anilines is 1. The summed E-state index contributed by atoms with van der Waals surface area (Å²) in [5, 5.41) is 3.11. The van der Waals surface area contributed by atoms with Crippen molar-refractivity contribution in [1.29, 1.82) is 0 Å². The number of aromatic nitrogens is 2. The number of carbonyl (C=O) groups is 1. The van der Waals surface area contributed by atoms with Gasteiger partial charge in [-0.3, -0.25) is 4.79 Å². The summed E-state index contributed by atoms with van der Waals surface area (Å²) in [6.07, 6.45) is -1.66. The first-order valence-electron chi connectivity index (χ1n) is 8.04. The third kappa shape index (κ3) is 4.09. The van der Waals surface area contributed by atoms with Gasteiger partial charge in [0, 0.05) is 31.5 Å². The van der Waals surface area contributed by atoms with E-state index in [1.807, 2.05) is 0 Å². The lowest BCUT2D eigenvalue weighted by Gasteiger charge is -2.33.